The fourth-order valence-electron chi connectivity index (χ4n) is 2.81. The Morgan fingerprint density at radius 2 is 2.30 bits per heavy atom. The molecule has 5 nitrogen and oxygen atoms in total. The van der Waals surface area contributed by atoms with Gasteiger partial charge < -0.3 is 15.4 Å². The minimum atomic E-state index is -0.240. The van der Waals surface area contributed by atoms with Gasteiger partial charge in [0.2, 0.25) is 0 Å². The zero-order valence-electron chi connectivity index (χ0n) is 11.8. The summed E-state index contributed by atoms with van der Waals surface area (Å²) in [7, 11) is 0. The monoisotopic (exact) mass is 273 g/mol. The van der Waals surface area contributed by atoms with Crippen molar-refractivity contribution in [1.29, 1.82) is 0 Å². The number of carbonyl (C=O) groups excluding carboxylic acids is 1. The van der Waals surface area contributed by atoms with Gasteiger partial charge in [0.1, 0.15) is 17.6 Å². The molecule has 0 aliphatic carbocycles. The molecule has 5 heteroatoms. The van der Waals surface area contributed by atoms with Gasteiger partial charge in [0.15, 0.2) is 0 Å². The lowest BCUT2D eigenvalue weighted by Gasteiger charge is -2.26. The summed E-state index contributed by atoms with van der Waals surface area (Å²) >= 11 is 0. The Morgan fingerprint density at radius 1 is 1.50 bits per heavy atom. The molecule has 1 aromatic carbocycles. The average Bonchev–Trinajstić information content (AvgIpc) is 2.93. The van der Waals surface area contributed by atoms with E-state index in [2.05, 4.69) is 24.9 Å². The summed E-state index contributed by atoms with van der Waals surface area (Å²) in [5, 5.41) is 0. The molecule has 3 rings (SSSR count). The van der Waals surface area contributed by atoms with E-state index < -0.39 is 0 Å². The number of fused-ring (bicyclic) bond motifs is 1. The number of aliphatic imine (C=N–C) groups is 1. The summed E-state index contributed by atoms with van der Waals surface area (Å²) in [5.74, 6) is 1.69. The van der Waals surface area contributed by atoms with Gasteiger partial charge in [-0.05, 0) is 29.2 Å². The van der Waals surface area contributed by atoms with E-state index in [4.69, 9.17) is 10.5 Å². The van der Waals surface area contributed by atoms with E-state index in [0.29, 0.717) is 18.3 Å². The van der Waals surface area contributed by atoms with Gasteiger partial charge in [-0.25, -0.2) is 4.79 Å². The Hall–Kier alpha value is -2.04. The zero-order chi connectivity index (χ0) is 14.3. The maximum Gasteiger partial charge on any atom is 0.346 e. The first kappa shape index (κ1) is 13.0. The van der Waals surface area contributed by atoms with Crippen molar-refractivity contribution in [2.75, 3.05) is 13.2 Å². The molecular formula is C15H19N3O2. The second-order valence-electron chi connectivity index (χ2n) is 5.73. The van der Waals surface area contributed by atoms with Crippen LogP contribution in [0.25, 0.3) is 0 Å². The van der Waals surface area contributed by atoms with Gasteiger partial charge in [-0.15, -0.1) is 0 Å². The van der Waals surface area contributed by atoms with Crippen LogP contribution in [-0.2, 0) is 6.42 Å². The van der Waals surface area contributed by atoms with E-state index in [9.17, 15) is 4.79 Å². The first-order valence-electron chi connectivity index (χ1n) is 6.96. The molecule has 1 unspecified atom stereocenters. The normalized spacial score (nSPS) is 21.1. The Kier molecular flexibility index (Phi) is 3.12. The highest BCUT2D eigenvalue weighted by molar-refractivity contribution is 6.03. The number of benzene rings is 1. The molecule has 1 atom stereocenters. The molecule has 0 radical (unpaired) electrons. The van der Waals surface area contributed by atoms with E-state index in [0.717, 1.165) is 24.3 Å². The quantitative estimate of drug-likeness (QED) is 0.917. The predicted octanol–water partition coefficient (Wildman–Crippen LogP) is 2.11. The molecule has 106 valence electrons. The first-order valence-corrected chi connectivity index (χ1v) is 6.96. The Morgan fingerprint density at radius 3 is 3.05 bits per heavy atom. The van der Waals surface area contributed by atoms with E-state index in [1.165, 1.54) is 5.56 Å². The number of amidine groups is 1. The molecule has 2 amide bonds. The lowest BCUT2D eigenvalue weighted by Crippen LogP contribution is -2.35. The third-order valence-corrected chi connectivity index (χ3v) is 3.65. The van der Waals surface area contributed by atoms with Gasteiger partial charge in [0, 0.05) is 13.0 Å². The number of rotatable bonds is 3. The van der Waals surface area contributed by atoms with Crippen molar-refractivity contribution in [3.05, 3.63) is 29.3 Å². The molecule has 2 N–H and O–H groups in total. The largest absolute Gasteiger partial charge is 0.493 e. The third-order valence-electron chi connectivity index (χ3n) is 3.65. The van der Waals surface area contributed by atoms with Gasteiger partial charge in [-0.1, -0.05) is 19.9 Å². The molecular weight excluding hydrogens is 254 g/mol. The van der Waals surface area contributed by atoms with Crippen LogP contribution in [0.15, 0.2) is 23.2 Å². The second-order valence-corrected chi connectivity index (χ2v) is 5.73. The minimum absolute atomic E-state index is 0.238. The van der Waals surface area contributed by atoms with Crippen molar-refractivity contribution in [2.24, 2.45) is 16.6 Å². The predicted molar refractivity (Wildman–Crippen MR) is 76.9 cm³/mol. The molecule has 0 aromatic heterocycles. The Balaban J connectivity index is 1.94. The molecule has 2 aliphatic heterocycles. The summed E-state index contributed by atoms with van der Waals surface area (Å²) < 4.78 is 5.51. The molecule has 0 fully saturated rings. The van der Waals surface area contributed by atoms with Crippen LogP contribution in [0.2, 0.25) is 0 Å². The van der Waals surface area contributed by atoms with Crippen molar-refractivity contribution in [2.45, 2.75) is 26.3 Å². The summed E-state index contributed by atoms with van der Waals surface area (Å²) in [4.78, 5) is 17.6. The van der Waals surface area contributed by atoms with E-state index in [1.807, 2.05) is 12.1 Å². The standard InChI is InChI=1S/C15H19N3O2/c1-9(2)8-18-13(14(16)17-15(18)19)11-3-4-12-10(7-11)5-6-20-12/h3-4,7,9,13H,5-6,8H2,1-2H3,(H2,16,17,19). The highest BCUT2D eigenvalue weighted by Gasteiger charge is 2.35. The smallest absolute Gasteiger partial charge is 0.346 e. The van der Waals surface area contributed by atoms with Crippen molar-refractivity contribution in [3.63, 3.8) is 0 Å². The maximum atomic E-state index is 12.0. The van der Waals surface area contributed by atoms with Crippen LogP contribution in [0.3, 0.4) is 0 Å². The van der Waals surface area contributed by atoms with Gasteiger partial charge >= 0.3 is 6.03 Å². The van der Waals surface area contributed by atoms with Crippen LogP contribution in [0.1, 0.15) is 31.0 Å². The number of nitrogens with zero attached hydrogens (tertiary/aromatic N) is 2. The van der Waals surface area contributed by atoms with Gasteiger partial charge in [-0.3, -0.25) is 0 Å². The van der Waals surface area contributed by atoms with Crippen molar-refractivity contribution in [1.82, 2.24) is 4.90 Å². The van der Waals surface area contributed by atoms with Crippen molar-refractivity contribution in [3.8, 4) is 5.75 Å². The number of ether oxygens (including phenoxy) is 1. The maximum absolute atomic E-state index is 12.0. The number of nitrogens with two attached hydrogens (primary N) is 1. The zero-order valence-corrected chi connectivity index (χ0v) is 11.8. The Bertz CT molecular complexity index is 580. The summed E-state index contributed by atoms with van der Waals surface area (Å²) in [6.45, 7) is 5.54. The fraction of sp³-hybridized carbons (Fsp3) is 0.467. The fourth-order valence-corrected chi connectivity index (χ4v) is 2.81. The van der Waals surface area contributed by atoms with Crippen LogP contribution in [0.5, 0.6) is 5.75 Å². The van der Waals surface area contributed by atoms with Crippen molar-refractivity contribution >= 4 is 11.9 Å². The van der Waals surface area contributed by atoms with E-state index in [-0.39, 0.29) is 12.1 Å². The first-order chi connectivity index (χ1) is 9.56. The number of hydrogen-bond donors (Lipinski definition) is 1. The highest BCUT2D eigenvalue weighted by atomic mass is 16.5. The SMILES string of the molecule is CC(C)CN1C(=O)N=C(N)C1c1ccc2c(c1)CCO2. The summed E-state index contributed by atoms with van der Waals surface area (Å²) in [5.41, 5.74) is 8.16. The van der Waals surface area contributed by atoms with E-state index in [1.54, 1.807) is 4.90 Å². The number of hydrogen-bond acceptors (Lipinski definition) is 3. The average molecular weight is 273 g/mol. The van der Waals surface area contributed by atoms with Gasteiger partial charge in [0.05, 0.1) is 6.61 Å². The second kappa shape index (κ2) is 4.81. The topological polar surface area (TPSA) is 67.9 Å². The highest BCUT2D eigenvalue weighted by Crippen LogP contribution is 2.33. The van der Waals surface area contributed by atoms with Gasteiger partial charge in [0.25, 0.3) is 0 Å². The Labute approximate surface area is 118 Å². The van der Waals surface area contributed by atoms with Crippen LogP contribution in [0, 0.1) is 5.92 Å². The molecule has 2 heterocycles. The lowest BCUT2D eigenvalue weighted by molar-refractivity contribution is 0.199. The number of carbonyl (C=O) groups is 1. The van der Waals surface area contributed by atoms with Crippen LogP contribution in [0.4, 0.5) is 4.79 Å². The summed E-state index contributed by atoms with van der Waals surface area (Å²) in [6.07, 6.45) is 0.908. The molecule has 0 saturated carbocycles. The molecule has 1 aromatic rings. The molecule has 0 saturated heterocycles. The van der Waals surface area contributed by atoms with Crippen LogP contribution >= 0.6 is 0 Å². The number of urea groups is 1. The minimum Gasteiger partial charge on any atom is -0.493 e. The van der Waals surface area contributed by atoms with Crippen molar-refractivity contribution < 1.29 is 9.53 Å². The molecule has 2 aliphatic rings. The van der Waals surface area contributed by atoms with Gasteiger partial charge in [-0.2, -0.15) is 4.99 Å². The molecule has 20 heavy (non-hydrogen) atoms. The lowest BCUT2D eigenvalue weighted by atomic mass is 10.0. The van der Waals surface area contributed by atoms with E-state index >= 15 is 0 Å². The third kappa shape index (κ3) is 2.13. The number of amides is 2. The van der Waals surface area contributed by atoms with Crippen LogP contribution in [-0.4, -0.2) is 29.9 Å². The van der Waals surface area contributed by atoms with Crippen LogP contribution < -0.4 is 10.5 Å². The molecule has 0 spiro atoms. The molecule has 0 bridgehead atoms. The summed E-state index contributed by atoms with van der Waals surface area (Å²) in [6, 6.07) is 5.54.